The highest BCUT2D eigenvalue weighted by Crippen LogP contribution is 2.33. The molecule has 1 aliphatic rings. The van der Waals surface area contributed by atoms with Gasteiger partial charge in [-0.25, -0.2) is 4.90 Å². The second-order valence-electron chi connectivity index (χ2n) is 6.34. The van der Waals surface area contributed by atoms with Crippen molar-refractivity contribution in [3.8, 4) is 0 Å². The van der Waals surface area contributed by atoms with Crippen molar-refractivity contribution in [1.82, 2.24) is 9.78 Å². The third kappa shape index (κ3) is 2.63. The van der Waals surface area contributed by atoms with E-state index >= 15 is 0 Å². The summed E-state index contributed by atoms with van der Waals surface area (Å²) < 4.78 is 1.68. The third-order valence-corrected chi connectivity index (χ3v) is 4.38. The Bertz CT molecular complexity index is 1060. The number of hydrogen-bond acceptors (Lipinski definition) is 3. The first kappa shape index (κ1) is 16.0. The molecule has 0 radical (unpaired) electrons. The minimum Gasteiger partial charge on any atom is -0.275 e. The summed E-state index contributed by atoms with van der Waals surface area (Å²) in [6.07, 6.45) is 5.30. The average Bonchev–Trinajstić information content (AvgIpc) is 3.04. The summed E-state index contributed by atoms with van der Waals surface area (Å²) in [6.45, 7) is 1.93. The number of anilines is 1. The molecule has 0 N–H and O–H groups in total. The number of amides is 2. The van der Waals surface area contributed by atoms with E-state index in [-0.39, 0.29) is 11.8 Å². The van der Waals surface area contributed by atoms with Crippen LogP contribution in [0.2, 0.25) is 0 Å². The molecule has 4 rings (SSSR count). The van der Waals surface area contributed by atoms with E-state index in [2.05, 4.69) is 5.10 Å². The first-order chi connectivity index (χ1) is 12.5. The first-order valence-electron chi connectivity index (χ1n) is 8.30. The van der Waals surface area contributed by atoms with Crippen molar-refractivity contribution in [2.45, 2.75) is 6.92 Å². The summed E-state index contributed by atoms with van der Waals surface area (Å²) in [7, 11) is 1.82. The Kier molecular flexibility index (Phi) is 3.77. The predicted octanol–water partition coefficient (Wildman–Crippen LogP) is 3.46. The highest BCUT2D eigenvalue weighted by Gasteiger charge is 2.35. The summed E-state index contributed by atoms with van der Waals surface area (Å²) in [5.74, 6) is -0.636. The van der Waals surface area contributed by atoms with Gasteiger partial charge in [-0.05, 0) is 42.3 Å². The summed E-state index contributed by atoms with van der Waals surface area (Å²) in [5.41, 5.74) is 4.02. The SMILES string of the molecule is Cc1cccc(N2C(=O)C(=Cc3cnn(C)c3)c3ccccc3C2=O)c1. The maximum atomic E-state index is 13.2. The number of benzene rings is 2. The molecule has 0 atom stereocenters. The summed E-state index contributed by atoms with van der Waals surface area (Å²) >= 11 is 0. The summed E-state index contributed by atoms with van der Waals surface area (Å²) in [6, 6.07) is 14.6. The fraction of sp³-hybridized carbons (Fsp3) is 0.0952. The number of aromatic nitrogens is 2. The molecule has 3 aromatic rings. The van der Waals surface area contributed by atoms with Gasteiger partial charge in [0.2, 0.25) is 0 Å². The molecule has 0 fully saturated rings. The molecule has 1 aromatic heterocycles. The Labute approximate surface area is 151 Å². The van der Waals surface area contributed by atoms with Gasteiger partial charge in [0.15, 0.2) is 0 Å². The average molecular weight is 343 g/mol. The minimum atomic E-state index is -0.330. The van der Waals surface area contributed by atoms with Gasteiger partial charge < -0.3 is 0 Å². The van der Waals surface area contributed by atoms with Crippen molar-refractivity contribution >= 4 is 29.2 Å². The smallest absolute Gasteiger partial charge is 0.265 e. The van der Waals surface area contributed by atoms with Crippen LogP contribution < -0.4 is 4.90 Å². The van der Waals surface area contributed by atoms with Gasteiger partial charge in [0, 0.05) is 29.9 Å². The van der Waals surface area contributed by atoms with E-state index in [0.29, 0.717) is 22.4 Å². The van der Waals surface area contributed by atoms with Crippen LogP contribution in [0.3, 0.4) is 0 Å². The summed E-state index contributed by atoms with van der Waals surface area (Å²) in [4.78, 5) is 27.5. The van der Waals surface area contributed by atoms with Crippen LogP contribution in [-0.2, 0) is 11.8 Å². The number of rotatable bonds is 2. The van der Waals surface area contributed by atoms with E-state index in [9.17, 15) is 9.59 Å². The van der Waals surface area contributed by atoms with Crippen LogP contribution in [0.25, 0.3) is 11.6 Å². The van der Waals surface area contributed by atoms with Gasteiger partial charge in [0.1, 0.15) is 0 Å². The molecule has 5 heteroatoms. The lowest BCUT2D eigenvalue weighted by Gasteiger charge is -2.28. The Morgan fingerprint density at radius 3 is 2.42 bits per heavy atom. The lowest BCUT2D eigenvalue weighted by atomic mass is 9.92. The van der Waals surface area contributed by atoms with Gasteiger partial charge in [0.25, 0.3) is 11.8 Å². The highest BCUT2D eigenvalue weighted by molar-refractivity contribution is 6.43. The zero-order valence-electron chi connectivity index (χ0n) is 14.5. The van der Waals surface area contributed by atoms with Gasteiger partial charge in [-0.2, -0.15) is 5.10 Å². The van der Waals surface area contributed by atoms with E-state index in [4.69, 9.17) is 0 Å². The van der Waals surface area contributed by atoms with Crippen LogP contribution in [-0.4, -0.2) is 21.6 Å². The van der Waals surface area contributed by atoms with Gasteiger partial charge >= 0.3 is 0 Å². The Balaban J connectivity index is 1.91. The van der Waals surface area contributed by atoms with Crippen molar-refractivity contribution in [2.24, 2.45) is 7.05 Å². The molecular formula is C21H17N3O2. The van der Waals surface area contributed by atoms with Crippen molar-refractivity contribution in [3.05, 3.63) is 83.2 Å². The fourth-order valence-electron chi connectivity index (χ4n) is 3.18. The Morgan fingerprint density at radius 1 is 0.962 bits per heavy atom. The number of fused-ring (bicyclic) bond motifs is 1. The number of hydrogen-bond donors (Lipinski definition) is 0. The molecule has 2 heterocycles. The van der Waals surface area contributed by atoms with Crippen LogP contribution in [0.5, 0.6) is 0 Å². The van der Waals surface area contributed by atoms with Gasteiger partial charge in [-0.15, -0.1) is 0 Å². The van der Waals surface area contributed by atoms with E-state index in [0.717, 1.165) is 11.1 Å². The molecule has 0 bridgehead atoms. The molecule has 2 aromatic carbocycles. The van der Waals surface area contributed by atoms with Gasteiger partial charge in [-0.1, -0.05) is 30.3 Å². The predicted molar refractivity (Wildman–Crippen MR) is 101 cm³/mol. The fourth-order valence-corrected chi connectivity index (χ4v) is 3.18. The zero-order valence-corrected chi connectivity index (χ0v) is 14.5. The monoisotopic (exact) mass is 343 g/mol. The number of nitrogens with zero attached hydrogens (tertiary/aromatic N) is 3. The van der Waals surface area contributed by atoms with Crippen molar-refractivity contribution in [1.29, 1.82) is 0 Å². The Hall–Kier alpha value is -3.47. The first-order valence-corrected chi connectivity index (χ1v) is 8.30. The zero-order chi connectivity index (χ0) is 18.3. The molecule has 26 heavy (non-hydrogen) atoms. The minimum absolute atomic E-state index is 0.306. The van der Waals surface area contributed by atoms with Crippen molar-refractivity contribution in [3.63, 3.8) is 0 Å². The number of aryl methyl sites for hydroxylation is 2. The molecule has 1 aliphatic heterocycles. The van der Waals surface area contributed by atoms with Crippen LogP contribution in [0.4, 0.5) is 5.69 Å². The Morgan fingerprint density at radius 2 is 1.73 bits per heavy atom. The topological polar surface area (TPSA) is 55.2 Å². The van der Waals surface area contributed by atoms with Crippen LogP contribution in [0, 0.1) is 6.92 Å². The van der Waals surface area contributed by atoms with E-state index in [1.807, 2.05) is 50.5 Å². The normalized spacial score (nSPS) is 15.5. The van der Waals surface area contributed by atoms with Crippen LogP contribution in [0.15, 0.2) is 60.9 Å². The number of carbonyl (C=O) groups excluding carboxylic acids is 2. The molecule has 128 valence electrons. The standard InChI is InChI=1S/C21H17N3O2/c1-14-6-5-7-16(10-14)24-20(25)18-9-4-3-8-17(18)19(21(24)26)11-15-12-22-23(2)13-15/h3-13H,1-2H3. The maximum absolute atomic E-state index is 13.2. The highest BCUT2D eigenvalue weighted by atomic mass is 16.2. The lowest BCUT2D eigenvalue weighted by Crippen LogP contribution is -2.41. The van der Waals surface area contributed by atoms with Crippen molar-refractivity contribution < 1.29 is 9.59 Å². The van der Waals surface area contributed by atoms with Gasteiger partial charge in [-0.3, -0.25) is 14.3 Å². The lowest BCUT2D eigenvalue weighted by molar-refractivity contribution is -0.112. The van der Waals surface area contributed by atoms with E-state index in [1.54, 1.807) is 35.2 Å². The molecule has 0 saturated heterocycles. The maximum Gasteiger partial charge on any atom is 0.265 e. The second-order valence-corrected chi connectivity index (χ2v) is 6.34. The third-order valence-electron chi connectivity index (χ3n) is 4.38. The second kappa shape index (κ2) is 6.11. The molecular weight excluding hydrogens is 326 g/mol. The number of carbonyl (C=O) groups is 2. The quantitative estimate of drug-likeness (QED) is 0.529. The number of imide groups is 1. The molecule has 5 nitrogen and oxygen atoms in total. The summed E-state index contributed by atoms with van der Waals surface area (Å²) in [5, 5.41) is 4.15. The van der Waals surface area contributed by atoms with Gasteiger partial charge in [0.05, 0.1) is 11.9 Å². The van der Waals surface area contributed by atoms with Crippen LogP contribution in [0.1, 0.15) is 27.0 Å². The van der Waals surface area contributed by atoms with E-state index in [1.165, 1.54) is 4.90 Å². The molecule has 2 amide bonds. The van der Waals surface area contributed by atoms with Crippen molar-refractivity contribution in [2.75, 3.05) is 4.90 Å². The van der Waals surface area contributed by atoms with E-state index < -0.39 is 0 Å². The molecule has 0 unspecified atom stereocenters. The molecule has 0 spiro atoms. The van der Waals surface area contributed by atoms with Crippen LogP contribution >= 0.6 is 0 Å². The molecule has 0 aliphatic carbocycles. The largest absolute Gasteiger partial charge is 0.275 e. The molecule has 0 saturated carbocycles.